The molecule has 0 bridgehead atoms. The number of carbonyl (C=O) groups excluding carboxylic acids is 1. The summed E-state index contributed by atoms with van der Waals surface area (Å²) in [5, 5.41) is -0.308. The van der Waals surface area contributed by atoms with Gasteiger partial charge in [-0.25, -0.2) is 8.78 Å². The Labute approximate surface area is 170 Å². The molecular formula is C19H13BClF2N3O3. The Hall–Kier alpha value is -3.07. The van der Waals surface area contributed by atoms with E-state index < -0.39 is 23.2 Å². The van der Waals surface area contributed by atoms with Gasteiger partial charge in [0.1, 0.15) is 35.8 Å². The van der Waals surface area contributed by atoms with Crippen molar-refractivity contribution >= 4 is 25.7 Å². The SMILES string of the molecule is [B]C(Oc1cc(C)n(-c2cc(C=O)ncc2C)c(=O)c1Cl)c1ncc(F)cc1F. The minimum Gasteiger partial charge on any atom is -0.492 e. The fraction of sp³-hybridized carbons (Fsp3) is 0.158. The molecule has 3 aromatic heterocycles. The number of hydrogen-bond donors (Lipinski definition) is 0. The first-order valence-electron chi connectivity index (χ1n) is 8.30. The second-order valence-electron chi connectivity index (χ2n) is 6.18. The van der Waals surface area contributed by atoms with Crippen LogP contribution in [0.2, 0.25) is 5.02 Å². The van der Waals surface area contributed by atoms with Gasteiger partial charge in [-0.2, -0.15) is 0 Å². The molecule has 0 saturated carbocycles. The summed E-state index contributed by atoms with van der Waals surface area (Å²) in [4.78, 5) is 31.4. The molecule has 1 atom stereocenters. The summed E-state index contributed by atoms with van der Waals surface area (Å²) in [6.45, 7) is 3.34. The molecule has 0 spiro atoms. The molecule has 0 N–H and O–H groups in total. The summed E-state index contributed by atoms with van der Waals surface area (Å²) in [5.41, 5.74) is 0.652. The third-order valence-electron chi connectivity index (χ3n) is 4.12. The molecule has 0 saturated heterocycles. The first kappa shape index (κ1) is 20.7. The summed E-state index contributed by atoms with van der Waals surface area (Å²) >= 11 is 6.17. The topological polar surface area (TPSA) is 74.1 Å². The molecule has 0 fully saturated rings. The molecule has 6 nitrogen and oxygen atoms in total. The molecule has 2 radical (unpaired) electrons. The number of halogens is 3. The van der Waals surface area contributed by atoms with Crippen LogP contribution < -0.4 is 10.3 Å². The van der Waals surface area contributed by atoms with Crippen LogP contribution in [0.4, 0.5) is 8.78 Å². The van der Waals surface area contributed by atoms with Gasteiger partial charge in [0.05, 0.1) is 17.9 Å². The van der Waals surface area contributed by atoms with Crippen molar-refractivity contribution in [3.8, 4) is 11.4 Å². The lowest BCUT2D eigenvalue weighted by Gasteiger charge is -2.19. The zero-order chi connectivity index (χ0) is 21.3. The van der Waals surface area contributed by atoms with Crippen LogP contribution in [0.3, 0.4) is 0 Å². The van der Waals surface area contributed by atoms with Gasteiger partial charge >= 0.3 is 0 Å². The van der Waals surface area contributed by atoms with E-state index in [1.54, 1.807) is 13.8 Å². The maximum Gasteiger partial charge on any atom is 0.277 e. The quantitative estimate of drug-likeness (QED) is 0.472. The zero-order valence-corrected chi connectivity index (χ0v) is 16.1. The second kappa shape index (κ2) is 8.12. The van der Waals surface area contributed by atoms with E-state index in [-0.39, 0.29) is 22.2 Å². The second-order valence-corrected chi connectivity index (χ2v) is 6.56. The van der Waals surface area contributed by atoms with Crippen LogP contribution in [0, 0.1) is 25.5 Å². The fourth-order valence-electron chi connectivity index (χ4n) is 2.73. The van der Waals surface area contributed by atoms with Crippen molar-refractivity contribution < 1.29 is 18.3 Å². The van der Waals surface area contributed by atoms with E-state index in [9.17, 15) is 18.4 Å². The number of carbonyl (C=O) groups is 1. The third-order valence-corrected chi connectivity index (χ3v) is 4.47. The monoisotopic (exact) mass is 415 g/mol. The first-order chi connectivity index (χ1) is 13.7. The average molecular weight is 416 g/mol. The van der Waals surface area contributed by atoms with E-state index in [1.807, 2.05) is 0 Å². The number of aryl methyl sites for hydroxylation is 2. The molecule has 0 aliphatic heterocycles. The van der Waals surface area contributed by atoms with Gasteiger partial charge in [-0.3, -0.25) is 24.1 Å². The lowest BCUT2D eigenvalue weighted by atomic mass is 9.95. The van der Waals surface area contributed by atoms with Crippen molar-refractivity contribution in [3.63, 3.8) is 0 Å². The van der Waals surface area contributed by atoms with Gasteiger partial charge < -0.3 is 4.74 Å². The van der Waals surface area contributed by atoms with E-state index in [1.165, 1.54) is 22.9 Å². The van der Waals surface area contributed by atoms with Crippen molar-refractivity contribution in [3.05, 3.63) is 80.2 Å². The van der Waals surface area contributed by atoms with E-state index >= 15 is 0 Å². The maximum absolute atomic E-state index is 13.9. The predicted octanol–water partition coefficient (Wildman–Crippen LogP) is 3.23. The molecule has 3 rings (SSSR count). The van der Waals surface area contributed by atoms with Crippen molar-refractivity contribution in [2.75, 3.05) is 0 Å². The Morgan fingerprint density at radius 3 is 2.59 bits per heavy atom. The highest BCUT2D eigenvalue weighted by Crippen LogP contribution is 2.28. The Kier molecular flexibility index (Phi) is 5.79. The Morgan fingerprint density at radius 1 is 1.21 bits per heavy atom. The predicted molar refractivity (Wildman–Crippen MR) is 103 cm³/mol. The number of pyridine rings is 3. The number of nitrogens with zero attached hydrogens (tertiary/aromatic N) is 3. The van der Waals surface area contributed by atoms with Crippen molar-refractivity contribution in [1.29, 1.82) is 0 Å². The maximum atomic E-state index is 13.9. The van der Waals surface area contributed by atoms with Crippen LogP contribution in [0.15, 0.2) is 35.4 Å². The number of ether oxygens (including phenoxy) is 1. The van der Waals surface area contributed by atoms with Crippen LogP contribution in [0.1, 0.15) is 33.4 Å². The highest BCUT2D eigenvalue weighted by molar-refractivity contribution is 6.31. The van der Waals surface area contributed by atoms with Gasteiger partial charge in [0.25, 0.3) is 5.56 Å². The average Bonchev–Trinajstić information content (AvgIpc) is 2.67. The molecule has 146 valence electrons. The van der Waals surface area contributed by atoms with Crippen LogP contribution in [-0.2, 0) is 0 Å². The summed E-state index contributed by atoms with van der Waals surface area (Å²) < 4.78 is 33.6. The Morgan fingerprint density at radius 2 is 1.93 bits per heavy atom. The van der Waals surface area contributed by atoms with Crippen molar-refractivity contribution in [2.24, 2.45) is 0 Å². The largest absolute Gasteiger partial charge is 0.492 e. The van der Waals surface area contributed by atoms with Gasteiger partial charge in [0.2, 0.25) is 0 Å². The van der Waals surface area contributed by atoms with Gasteiger partial charge in [-0.1, -0.05) is 11.6 Å². The molecule has 0 aliphatic carbocycles. The lowest BCUT2D eigenvalue weighted by Crippen LogP contribution is -2.23. The van der Waals surface area contributed by atoms with Crippen LogP contribution >= 0.6 is 11.6 Å². The molecular weight excluding hydrogens is 402 g/mol. The summed E-state index contributed by atoms with van der Waals surface area (Å²) in [6, 6.07) is 2.09. The van der Waals surface area contributed by atoms with Crippen molar-refractivity contribution in [2.45, 2.75) is 19.9 Å². The molecule has 1 unspecified atom stereocenters. The van der Waals surface area contributed by atoms with Crippen LogP contribution in [0.25, 0.3) is 5.69 Å². The highest BCUT2D eigenvalue weighted by Gasteiger charge is 2.20. The zero-order valence-electron chi connectivity index (χ0n) is 15.3. The molecule has 0 amide bonds. The molecule has 10 heteroatoms. The molecule has 3 aromatic rings. The molecule has 0 aliphatic rings. The molecule has 29 heavy (non-hydrogen) atoms. The summed E-state index contributed by atoms with van der Waals surface area (Å²) in [7, 11) is 5.80. The lowest BCUT2D eigenvalue weighted by molar-refractivity contribution is 0.111. The number of aldehydes is 1. The van der Waals surface area contributed by atoms with E-state index in [2.05, 4.69) is 9.97 Å². The van der Waals surface area contributed by atoms with E-state index in [4.69, 9.17) is 24.2 Å². The van der Waals surface area contributed by atoms with Crippen LogP contribution in [-0.4, -0.2) is 28.7 Å². The van der Waals surface area contributed by atoms with Crippen molar-refractivity contribution in [1.82, 2.24) is 14.5 Å². The highest BCUT2D eigenvalue weighted by atomic mass is 35.5. The van der Waals surface area contributed by atoms with Gasteiger partial charge in [0.15, 0.2) is 12.1 Å². The Balaban J connectivity index is 2.04. The molecule has 0 aromatic carbocycles. The molecule has 3 heterocycles. The summed E-state index contributed by atoms with van der Waals surface area (Å²) in [5.74, 6) is -1.95. The smallest absolute Gasteiger partial charge is 0.277 e. The first-order valence-corrected chi connectivity index (χ1v) is 8.68. The van der Waals surface area contributed by atoms with E-state index in [0.29, 0.717) is 29.3 Å². The third kappa shape index (κ3) is 4.05. The van der Waals surface area contributed by atoms with E-state index in [0.717, 1.165) is 6.20 Å². The van der Waals surface area contributed by atoms with Gasteiger partial charge in [-0.05, 0) is 25.5 Å². The number of aromatic nitrogens is 3. The minimum absolute atomic E-state index is 0.0919. The van der Waals surface area contributed by atoms with Gasteiger partial charge in [-0.15, -0.1) is 0 Å². The number of hydrogen-bond acceptors (Lipinski definition) is 5. The van der Waals surface area contributed by atoms with Crippen LogP contribution in [0.5, 0.6) is 5.75 Å². The fourth-order valence-corrected chi connectivity index (χ4v) is 2.91. The standard InChI is InChI=1S/C19H13BClF2N3O3/c1-9-6-24-12(8-27)5-14(9)26-10(2)3-15(16(21)19(26)28)29-18(20)17-13(23)4-11(22)7-25-17/h3-8,18H,1-2H3. The van der Waals surface area contributed by atoms with Gasteiger partial charge in [0, 0.05) is 24.0 Å². The number of rotatable bonds is 5. The Bertz CT molecular complexity index is 1170. The minimum atomic E-state index is -1.42. The normalized spacial score (nSPS) is 11.9. The summed E-state index contributed by atoms with van der Waals surface area (Å²) in [6.07, 6.45) is 2.82.